The molecule has 0 saturated carbocycles. The number of urea groups is 1. The number of ether oxygens (including phenoxy) is 5. The molecule has 0 aromatic heterocycles. The first-order chi connectivity index (χ1) is 12.2. The van der Waals surface area contributed by atoms with Gasteiger partial charge in [0.05, 0.1) is 19.8 Å². The number of amides is 2. The van der Waals surface area contributed by atoms with Crippen molar-refractivity contribution >= 4 is 6.03 Å². The van der Waals surface area contributed by atoms with Gasteiger partial charge in [0, 0.05) is 32.0 Å². The van der Waals surface area contributed by atoms with Gasteiger partial charge in [-0.25, -0.2) is 4.79 Å². The van der Waals surface area contributed by atoms with Crippen LogP contribution in [0.1, 0.15) is 12.8 Å². The summed E-state index contributed by atoms with van der Waals surface area (Å²) < 4.78 is 27.5. The van der Waals surface area contributed by atoms with Crippen molar-refractivity contribution < 1.29 is 28.5 Å². The van der Waals surface area contributed by atoms with Crippen molar-refractivity contribution in [2.75, 3.05) is 46.2 Å². The standard InChI is InChI=1S/C17H22N2O6/c20-16(19-6-3-17(4-7-19)24-9-10-25-17)18-5-8-21-13-1-2-14-15(11-13)23-12-22-14/h1-2,11H,3-10,12H2,(H,18,20). The van der Waals surface area contributed by atoms with Crippen LogP contribution in [0.25, 0.3) is 0 Å². The molecule has 4 rings (SSSR count). The lowest BCUT2D eigenvalue weighted by Gasteiger charge is -2.37. The molecule has 0 radical (unpaired) electrons. The average Bonchev–Trinajstić information content (AvgIpc) is 3.28. The summed E-state index contributed by atoms with van der Waals surface area (Å²) in [6.45, 7) is 3.61. The molecule has 25 heavy (non-hydrogen) atoms. The predicted molar refractivity (Wildman–Crippen MR) is 86.9 cm³/mol. The van der Waals surface area contributed by atoms with E-state index in [0.29, 0.717) is 63.8 Å². The van der Waals surface area contributed by atoms with E-state index in [1.807, 2.05) is 12.1 Å². The lowest BCUT2D eigenvalue weighted by atomic mass is 10.0. The van der Waals surface area contributed by atoms with E-state index in [4.69, 9.17) is 23.7 Å². The predicted octanol–water partition coefficient (Wildman–Crippen LogP) is 1.34. The van der Waals surface area contributed by atoms with Crippen LogP contribution < -0.4 is 19.5 Å². The topological polar surface area (TPSA) is 78.5 Å². The van der Waals surface area contributed by atoms with Crippen LogP contribution in [-0.2, 0) is 9.47 Å². The zero-order valence-corrected chi connectivity index (χ0v) is 14.0. The smallest absolute Gasteiger partial charge is 0.317 e. The maximum absolute atomic E-state index is 12.2. The average molecular weight is 350 g/mol. The minimum atomic E-state index is -0.459. The van der Waals surface area contributed by atoms with E-state index in [-0.39, 0.29) is 12.8 Å². The SMILES string of the molecule is O=C(NCCOc1ccc2c(c1)OCO2)N1CCC2(CC1)OCCO2. The van der Waals surface area contributed by atoms with Crippen molar-refractivity contribution in [1.29, 1.82) is 0 Å². The quantitative estimate of drug-likeness (QED) is 0.826. The van der Waals surface area contributed by atoms with Crippen LogP contribution in [0.15, 0.2) is 18.2 Å². The highest BCUT2D eigenvalue weighted by molar-refractivity contribution is 5.74. The van der Waals surface area contributed by atoms with Gasteiger partial charge >= 0.3 is 6.03 Å². The van der Waals surface area contributed by atoms with Gasteiger partial charge in [0.1, 0.15) is 12.4 Å². The molecule has 2 saturated heterocycles. The van der Waals surface area contributed by atoms with Crippen LogP contribution in [0.4, 0.5) is 4.79 Å². The molecule has 0 aliphatic carbocycles. The summed E-state index contributed by atoms with van der Waals surface area (Å²) in [5, 5.41) is 2.88. The van der Waals surface area contributed by atoms with E-state index < -0.39 is 5.79 Å². The Kier molecular flexibility index (Phi) is 4.54. The van der Waals surface area contributed by atoms with Crippen LogP contribution in [0.2, 0.25) is 0 Å². The highest BCUT2D eigenvalue weighted by Gasteiger charge is 2.40. The fraction of sp³-hybridized carbons (Fsp3) is 0.588. The first kappa shape index (κ1) is 16.3. The highest BCUT2D eigenvalue weighted by atomic mass is 16.7. The third-order valence-electron chi connectivity index (χ3n) is 4.62. The first-order valence-electron chi connectivity index (χ1n) is 8.57. The van der Waals surface area contributed by atoms with Gasteiger partial charge in [-0.05, 0) is 12.1 Å². The van der Waals surface area contributed by atoms with Crippen LogP contribution in [0, 0.1) is 0 Å². The van der Waals surface area contributed by atoms with E-state index in [0.717, 1.165) is 5.75 Å². The Labute approximate surface area is 145 Å². The number of piperidine rings is 1. The summed E-state index contributed by atoms with van der Waals surface area (Å²) in [4.78, 5) is 14.0. The number of hydrogen-bond acceptors (Lipinski definition) is 6. The third-order valence-corrected chi connectivity index (χ3v) is 4.62. The number of carbonyl (C=O) groups is 1. The van der Waals surface area contributed by atoms with Crippen LogP contribution in [0.3, 0.4) is 0 Å². The molecule has 3 heterocycles. The zero-order chi connectivity index (χ0) is 17.1. The van der Waals surface area contributed by atoms with E-state index in [9.17, 15) is 4.79 Å². The van der Waals surface area contributed by atoms with Crippen molar-refractivity contribution in [2.24, 2.45) is 0 Å². The van der Waals surface area contributed by atoms with Crippen LogP contribution in [-0.4, -0.2) is 63.0 Å². The molecule has 2 amide bonds. The maximum Gasteiger partial charge on any atom is 0.317 e. The van der Waals surface area contributed by atoms with Crippen molar-refractivity contribution in [1.82, 2.24) is 10.2 Å². The number of nitrogens with one attached hydrogen (secondary N) is 1. The Balaban J connectivity index is 1.17. The molecular weight excluding hydrogens is 328 g/mol. The van der Waals surface area contributed by atoms with Crippen molar-refractivity contribution in [2.45, 2.75) is 18.6 Å². The highest BCUT2D eigenvalue weighted by Crippen LogP contribution is 2.35. The molecule has 1 N–H and O–H groups in total. The van der Waals surface area contributed by atoms with Crippen molar-refractivity contribution in [3.8, 4) is 17.2 Å². The summed E-state index contributed by atoms with van der Waals surface area (Å²) in [6.07, 6.45) is 1.43. The lowest BCUT2D eigenvalue weighted by Crippen LogP contribution is -2.50. The molecule has 136 valence electrons. The van der Waals surface area contributed by atoms with Crippen molar-refractivity contribution in [3.63, 3.8) is 0 Å². The number of rotatable bonds is 4. The van der Waals surface area contributed by atoms with Gasteiger partial charge in [0.15, 0.2) is 17.3 Å². The Hall–Kier alpha value is -2.19. The number of carbonyl (C=O) groups excluding carboxylic acids is 1. The second-order valence-electron chi connectivity index (χ2n) is 6.19. The molecule has 8 heteroatoms. The number of fused-ring (bicyclic) bond motifs is 1. The van der Waals surface area contributed by atoms with E-state index >= 15 is 0 Å². The molecule has 3 aliphatic heterocycles. The van der Waals surface area contributed by atoms with E-state index in [1.165, 1.54) is 0 Å². The van der Waals surface area contributed by atoms with Gasteiger partial charge < -0.3 is 33.9 Å². The molecule has 1 aromatic rings. The fourth-order valence-electron chi connectivity index (χ4n) is 3.24. The molecule has 0 bridgehead atoms. The third kappa shape index (κ3) is 3.59. The lowest BCUT2D eigenvalue weighted by molar-refractivity contribution is -0.181. The second kappa shape index (κ2) is 6.97. The minimum Gasteiger partial charge on any atom is -0.492 e. The molecule has 8 nitrogen and oxygen atoms in total. The Morgan fingerprint density at radius 2 is 1.92 bits per heavy atom. The largest absolute Gasteiger partial charge is 0.492 e. The molecule has 1 spiro atoms. The van der Waals surface area contributed by atoms with Gasteiger partial charge in [-0.2, -0.15) is 0 Å². The molecule has 0 atom stereocenters. The van der Waals surface area contributed by atoms with E-state index in [2.05, 4.69) is 5.32 Å². The minimum absolute atomic E-state index is 0.0814. The number of hydrogen-bond donors (Lipinski definition) is 1. The number of nitrogens with zero attached hydrogens (tertiary/aromatic N) is 1. The van der Waals surface area contributed by atoms with Gasteiger partial charge in [-0.1, -0.05) is 0 Å². The summed E-state index contributed by atoms with van der Waals surface area (Å²) >= 11 is 0. The van der Waals surface area contributed by atoms with E-state index in [1.54, 1.807) is 11.0 Å². The molecule has 0 unspecified atom stereocenters. The summed E-state index contributed by atoms with van der Waals surface area (Å²) in [7, 11) is 0. The Bertz CT molecular complexity index is 622. The molecule has 1 aromatic carbocycles. The van der Waals surface area contributed by atoms with Gasteiger partial charge in [-0.3, -0.25) is 0 Å². The zero-order valence-electron chi connectivity index (χ0n) is 14.0. The van der Waals surface area contributed by atoms with Gasteiger partial charge in [0.25, 0.3) is 0 Å². The number of likely N-dealkylation sites (tertiary alicyclic amines) is 1. The second-order valence-corrected chi connectivity index (χ2v) is 6.19. The monoisotopic (exact) mass is 350 g/mol. The van der Waals surface area contributed by atoms with Gasteiger partial charge in [-0.15, -0.1) is 0 Å². The fourth-order valence-corrected chi connectivity index (χ4v) is 3.24. The number of benzene rings is 1. The Morgan fingerprint density at radius 3 is 2.72 bits per heavy atom. The molecular formula is C17H22N2O6. The summed E-state index contributed by atoms with van der Waals surface area (Å²) in [5.41, 5.74) is 0. The first-order valence-corrected chi connectivity index (χ1v) is 8.57. The van der Waals surface area contributed by atoms with Gasteiger partial charge in [0.2, 0.25) is 6.79 Å². The summed E-state index contributed by atoms with van der Waals surface area (Å²) in [6, 6.07) is 5.34. The summed E-state index contributed by atoms with van der Waals surface area (Å²) in [5.74, 6) is 1.63. The molecule has 3 aliphatic rings. The van der Waals surface area contributed by atoms with Crippen LogP contribution in [0.5, 0.6) is 17.2 Å². The van der Waals surface area contributed by atoms with Crippen molar-refractivity contribution in [3.05, 3.63) is 18.2 Å². The maximum atomic E-state index is 12.2. The normalized spacial score (nSPS) is 20.7. The Morgan fingerprint density at radius 1 is 1.16 bits per heavy atom. The molecule has 2 fully saturated rings. The van der Waals surface area contributed by atoms with Crippen LogP contribution >= 0.6 is 0 Å².